The van der Waals surface area contributed by atoms with Crippen LogP contribution in [0.3, 0.4) is 0 Å². The van der Waals surface area contributed by atoms with Gasteiger partial charge in [0.1, 0.15) is 5.82 Å². The van der Waals surface area contributed by atoms with Crippen LogP contribution in [0.1, 0.15) is 23.6 Å². The zero-order chi connectivity index (χ0) is 18.0. The van der Waals surface area contributed by atoms with Crippen molar-refractivity contribution in [1.29, 1.82) is 0 Å². The third-order valence-electron chi connectivity index (χ3n) is 4.93. The van der Waals surface area contributed by atoms with Crippen molar-refractivity contribution >= 4 is 17.5 Å². The van der Waals surface area contributed by atoms with Gasteiger partial charge in [-0.25, -0.2) is 4.39 Å². The summed E-state index contributed by atoms with van der Waals surface area (Å²) in [7, 11) is 1.82. The highest BCUT2D eigenvalue weighted by Gasteiger charge is 2.27. The van der Waals surface area contributed by atoms with Gasteiger partial charge in [0.25, 0.3) is 0 Å². The van der Waals surface area contributed by atoms with E-state index in [-0.39, 0.29) is 17.8 Å². The fraction of sp³-hybridized carbons (Fsp3) is 0.350. The summed E-state index contributed by atoms with van der Waals surface area (Å²) in [6.45, 7) is 3.50. The molecule has 1 amide bonds. The zero-order valence-corrected chi connectivity index (χ0v) is 15.3. The van der Waals surface area contributed by atoms with Gasteiger partial charge in [0.15, 0.2) is 0 Å². The molecule has 0 N–H and O–H groups in total. The van der Waals surface area contributed by atoms with Crippen LogP contribution in [0.25, 0.3) is 0 Å². The van der Waals surface area contributed by atoms with Crippen LogP contribution in [0.15, 0.2) is 42.5 Å². The van der Waals surface area contributed by atoms with Gasteiger partial charge in [0.2, 0.25) is 5.91 Å². The minimum Gasteiger partial charge on any atom is -0.337 e. The van der Waals surface area contributed by atoms with Gasteiger partial charge in [0, 0.05) is 30.2 Å². The van der Waals surface area contributed by atoms with Gasteiger partial charge in [-0.1, -0.05) is 41.9 Å². The molecule has 3 nitrogen and oxygen atoms in total. The van der Waals surface area contributed by atoms with Crippen molar-refractivity contribution in [1.82, 2.24) is 9.80 Å². The molecule has 1 heterocycles. The second kappa shape index (κ2) is 7.54. The van der Waals surface area contributed by atoms with E-state index in [1.807, 2.05) is 35.9 Å². The summed E-state index contributed by atoms with van der Waals surface area (Å²) in [6, 6.07) is 12.5. The van der Waals surface area contributed by atoms with E-state index >= 15 is 0 Å². The Bertz CT molecular complexity index is 760. The van der Waals surface area contributed by atoms with E-state index < -0.39 is 0 Å². The minimum atomic E-state index is -0.346. The number of fused-ring (bicyclic) bond motifs is 1. The van der Waals surface area contributed by atoms with Gasteiger partial charge in [-0.2, -0.15) is 0 Å². The lowest BCUT2D eigenvalue weighted by Gasteiger charge is -2.34. The van der Waals surface area contributed by atoms with E-state index in [0.717, 1.165) is 6.42 Å². The summed E-state index contributed by atoms with van der Waals surface area (Å²) >= 11 is 6.10. The molecule has 0 spiro atoms. The molecule has 0 aromatic heterocycles. The molecule has 2 aromatic rings. The number of carbonyl (C=O) groups is 1. The standard InChI is InChI=1S/C20H22ClFN2O/c1-14(23(2)13-17-18(21)8-5-9-19(17)22)20(25)24-11-10-15-6-3-4-7-16(15)12-24/h3-9,14H,10-13H2,1-2H3/t14-/m0/s1. The predicted octanol–water partition coefficient (Wildman–Crippen LogP) is 3.88. The first-order valence-corrected chi connectivity index (χ1v) is 8.84. The summed E-state index contributed by atoms with van der Waals surface area (Å²) in [6.07, 6.45) is 0.873. The topological polar surface area (TPSA) is 23.6 Å². The first-order chi connectivity index (χ1) is 12.0. The molecule has 25 heavy (non-hydrogen) atoms. The molecule has 1 aliphatic heterocycles. The monoisotopic (exact) mass is 360 g/mol. The third kappa shape index (κ3) is 3.86. The van der Waals surface area contributed by atoms with Crippen molar-refractivity contribution in [3.8, 4) is 0 Å². The average molecular weight is 361 g/mol. The zero-order valence-electron chi connectivity index (χ0n) is 14.5. The molecule has 132 valence electrons. The molecule has 1 aliphatic rings. The number of benzene rings is 2. The normalized spacial score (nSPS) is 15.2. The fourth-order valence-corrected chi connectivity index (χ4v) is 3.43. The summed E-state index contributed by atoms with van der Waals surface area (Å²) < 4.78 is 14.0. The van der Waals surface area contributed by atoms with Crippen LogP contribution in [0.5, 0.6) is 0 Å². The number of likely N-dealkylation sites (N-methyl/N-ethyl adjacent to an activating group) is 1. The maximum atomic E-state index is 14.0. The Morgan fingerprint density at radius 1 is 1.24 bits per heavy atom. The van der Waals surface area contributed by atoms with Crippen LogP contribution in [0.2, 0.25) is 5.02 Å². The highest BCUT2D eigenvalue weighted by molar-refractivity contribution is 6.31. The molecule has 0 saturated carbocycles. The average Bonchev–Trinajstić information content (AvgIpc) is 2.63. The molecule has 0 unspecified atom stereocenters. The third-order valence-corrected chi connectivity index (χ3v) is 5.28. The van der Waals surface area contributed by atoms with Crippen LogP contribution in [0.4, 0.5) is 4.39 Å². The SMILES string of the molecule is C[C@@H](C(=O)N1CCc2ccccc2C1)N(C)Cc1c(F)cccc1Cl. The van der Waals surface area contributed by atoms with Gasteiger partial charge in [-0.05, 0) is 43.7 Å². The summed E-state index contributed by atoms with van der Waals surface area (Å²) in [5.74, 6) is -0.282. The van der Waals surface area contributed by atoms with Gasteiger partial charge in [0.05, 0.1) is 6.04 Å². The van der Waals surface area contributed by atoms with Crippen molar-refractivity contribution in [2.24, 2.45) is 0 Å². The van der Waals surface area contributed by atoms with Crippen LogP contribution >= 0.6 is 11.6 Å². The van der Waals surface area contributed by atoms with Gasteiger partial charge in [-0.15, -0.1) is 0 Å². The lowest BCUT2D eigenvalue weighted by molar-refractivity contribution is -0.137. The summed E-state index contributed by atoms with van der Waals surface area (Å²) in [4.78, 5) is 16.6. The lowest BCUT2D eigenvalue weighted by Crippen LogP contribution is -2.47. The van der Waals surface area contributed by atoms with E-state index in [0.29, 0.717) is 30.2 Å². The highest BCUT2D eigenvalue weighted by atomic mass is 35.5. The van der Waals surface area contributed by atoms with E-state index in [9.17, 15) is 9.18 Å². The Morgan fingerprint density at radius 3 is 2.68 bits per heavy atom. The maximum absolute atomic E-state index is 14.0. The number of hydrogen-bond donors (Lipinski definition) is 0. The first kappa shape index (κ1) is 17.9. The molecule has 2 aromatic carbocycles. The Hall–Kier alpha value is -1.91. The predicted molar refractivity (Wildman–Crippen MR) is 97.9 cm³/mol. The second-order valence-corrected chi connectivity index (χ2v) is 6.98. The van der Waals surface area contributed by atoms with E-state index in [2.05, 4.69) is 12.1 Å². The molecule has 5 heteroatoms. The quantitative estimate of drug-likeness (QED) is 0.826. The smallest absolute Gasteiger partial charge is 0.239 e. The van der Waals surface area contributed by atoms with Gasteiger partial charge >= 0.3 is 0 Å². The van der Waals surface area contributed by atoms with E-state index in [1.165, 1.54) is 17.2 Å². The Balaban J connectivity index is 1.68. The summed E-state index contributed by atoms with van der Waals surface area (Å²) in [5, 5.41) is 0.387. The van der Waals surface area contributed by atoms with Crippen LogP contribution in [-0.4, -0.2) is 35.3 Å². The molecule has 0 bridgehead atoms. The molecular weight excluding hydrogens is 339 g/mol. The highest BCUT2D eigenvalue weighted by Crippen LogP contribution is 2.23. The Labute approximate surface area is 153 Å². The van der Waals surface area contributed by atoms with Crippen molar-refractivity contribution in [2.75, 3.05) is 13.6 Å². The number of amides is 1. The molecule has 0 aliphatic carbocycles. The van der Waals surface area contributed by atoms with Crippen LogP contribution < -0.4 is 0 Å². The number of hydrogen-bond acceptors (Lipinski definition) is 2. The largest absolute Gasteiger partial charge is 0.337 e. The molecule has 0 fully saturated rings. The Kier molecular flexibility index (Phi) is 5.40. The number of rotatable bonds is 4. The number of nitrogens with zero attached hydrogens (tertiary/aromatic N) is 2. The maximum Gasteiger partial charge on any atom is 0.239 e. The molecule has 0 saturated heterocycles. The van der Waals surface area contributed by atoms with Crippen LogP contribution in [-0.2, 0) is 24.3 Å². The lowest BCUT2D eigenvalue weighted by atomic mass is 9.99. The fourth-order valence-electron chi connectivity index (χ4n) is 3.21. The number of halogens is 2. The van der Waals surface area contributed by atoms with Crippen molar-refractivity contribution < 1.29 is 9.18 Å². The molecular formula is C20H22ClFN2O. The summed E-state index contributed by atoms with van der Waals surface area (Å²) in [5.41, 5.74) is 2.94. The number of carbonyl (C=O) groups excluding carboxylic acids is 1. The first-order valence-electron chi connectivity index (χ1n) is 8.46. The minimum absolute atomic E-state index is 0.0597. The van der Waals surface area contributed by atoms with Crippen molar-refractivity contribution in [2.45, 2.75) is 32.5 Å². The van der Waals surface area contributed by atoms with Gasteiger partial charge in [-0.3, -0.25) is 9.69 Å². The molecule has 3 rings (SSSR count). The van der Waals surface area contributed by atoms with Crippen molar-refractivity contribution in [3.63, 3.8) is 0 Å². The molecule has 0 radical (unpaired) electrons. The Morgan fingerprint density at radius 2 is 1.96 bits per heavy atom. The van der Waals surface area contributed by atoms with E-state index in [4.69, 9.17) is 11.6 Å². The van der Waals surface area contributed by atoms with E-state index in [1.54, 1.807) is 12.1 Å². The van der Waals surface area contributed by atoms with Gasteiger partial charge < -0.3 is 4.90 Å². The molecule has 1 atom stereocenters. The van der Waals surface area contributed by atoms with Crippen molar-refractivity contribution in [3.05, 3.63) is 70.0 Å². The second-order valence-electron chi connectivity index (χ2n) is 6.57. The van der Waals surface area contributed by atoms with Crippen LogP contribution in [0, 0.1) is 5.82 Å².